The summed E-state index contributed by atoms with van der Waals surface area (Å²) in [5, 5.41) is 0.973. The Morgan fingerprint density at radius 3 is 2.34 bits per heavy atom. The molecule has 0 N–H and O–H groups in total. The van der Waals surface area contributed by atoms with Gasteiger partial charge in [0.05, 0.1) is 37.5 Å². The number of aromatic nitrogens is 1. The number of hydrogen-bond acceptors (Lipinski definition) is 7. The van der Waals surface area contributed by atoms with E-state index in [0.29, 0.717) is 18.2 Å². The van der Waals surface area contributed by atoms with Gasteiger partial charge in [0.2, 0.25) is 0 Å². The highest BCUT2D eigenvalue weighted by atomic mass is 16.6. The lowest BCUT2D eigenvalue weighted by Crippen LogP contribution is -2.41. The van der Waals surface area contributed by atoms with E-state index in [2.05, 4.69) is 4.90 Å². The number of hydrogen-bond donors (Lipinski definition) is 0. The van der Waals surface area contributed by atoms with Gasteiger partial charge >= 0.3 is 12.1 Å². The number of aryl methyl sites for hydroxylation is 1. The molecule has 5 rings (SSSR count). The summed E-state index contributed by atoms with van der Waals surface area (Å²) in [7, 11) is 3.09. The molecule has 220 valence electrons. The van der Waals surface area contributed by atoms with E-state index in [1.165, 1.54) is 13.5 Å². The number of esters is 1. The summed E-state index contributed by atoms with van der Waals surface area (Å²) < 4.78 is 24.6. The molecule has 0 bridgehead atoms. The van der Waals surface area contributed by atoms with Gasteiger partial charge in [0.1, 0.15) is 11.4 Å². The van der Waals surface area contributed by atoms with Crippen LogP contribution >= 0.6 is 0 Å². The van der Waals surface area contributed by atoms with Gasteiger partial charge in [-0.05, 0) is 95.2 Å². The standard InChI is InChI=1S/C33H42N2O6/c1-21-18-29(38-5)27(26-15-17-35(30(21)26)32(37)41-33(2,3)4)20-34-16-14-25(40-24-8-7-9-24)19-28(34)22-10-12-23(13-11-22)31(36)39-6/h10-13,15,17-18,24-25,28H,7-9,14,16,19-20H2,1-6H3/t25-,28-/m0/s1. The maximum atomic E-state index is 13.1. The number of carbonyl (C=O) groups is 2. The summed E-state index contributed by atoms with van der Waals surface area (Å²) in [4.78, 5) is 27.6. The molecule has 1 aliphatic carbocycles. The van der Waals surface area contributed by atoms with Crippen LogP contribution in [0.4, 0.5) is 4.79 Å². The number of nitrogens with zero attached hydrogens (tertiary/aromatic N) is 2. The van der Waals surface area contributed by atoms with E-state index in [1.54, 1.807) is 17.9 Å². The largest absolute Gasteiger partial charge is 0.496 e. The van der Waals surface area contributed by atoms with Crippen molar-refractivity contribution in [3.8, 4) is 5.75 Å². The summed E-state index contributed by atoms with van der Waals surface area (Å²) in [5.74, 6) is 0.453. The zero-order valence-electron chi connectivity index (χ0n) is 25.1. The molecule has 2 aromatic carbocycles. The van der Waals surface area contributed by atoms with Gasteiger partial charge in [-0.1, -0.05) is 12.1 Å². The second-order valence-corrected chi connectivity index (χ2v) is 12.2. The average Bonchev–Trinajstić information content (AvgIpc) is 3.38. The Balaban J connectivity index is 1.49. The van der Waals surface area contributed by atoms with Gasteiger partial charge in [0.15, 0.2) is 0 Å². The number of benzene rings is 2. The number of likely N-dealkylation sites (tertiary alicyclic amines) is 1. The van der Waals surface area contributed by atoms with Crippen molar-refractivity contribution in [2.24, 2.45) is 0 Å². The summed E-state index contributed by atoms with van der Waals surface area (Å²) in [6.45, 7) is 9.09. The fourth-order valence-electron chi connectivity index (χ4n) is 5.95. The Hall–Kier alpha value is -3.36. The van der Waals surface area contributed by atoms with Gasteiger partial charge < -0.3 is 18.9 Å². The molecule has 0 spiro atoms. The van der Waals surface area contributed by atoms with Gasteiger partial charge in [-0.3, -0.25) is 9.47 Å². The molecular weight excluding hydrogens is 520 g/mol. The number of methoxy groups -OCH3 is 2. The highest BCUT2D eigenvalue weighted by molar-refractivity contribution is 5.95. The average molecular weight is 563 g/mol. The number of rotatable bonds is 7. The fourth-order valence-corrected chi connectivity index (χ4v) is 5.95. The summed E-state index contributed by atoms with van der Waals surface area (Å²) in [6.07, 6.45) is 7.30. The number of ether oxygens (including phenoxy) is 4. The molecule has 2 aliphatic rings. The molecule has 2 heterocycles. The van der Waals surface area contributed by atoms with Crippen molar-refractivity contribution in [3.05, 3.63) is 64.8 Å². The van der Waals surface area contributed by atoms with Gasteiger partial charge in [-0.2, -0.15) is 0 Å². The fraction of sp³-hybridized carbons (Fsp3) is 0.515. The molecule has 2 atom stereocenters. The highest BCUT2D eigenvalue weighted by Crippen LogP contribution is 2.39. The maximum Gasteiger partial charge on any atom is 0.419 e. The van der Waals surface area contributed by atoms with Crippen LogP contribution in [0.1, 0.15) is 86.0 Å². The van der Waals surface area contributed by atoms with Gasteiger partial charge in [0, 0.05) is 36.3 Å². The normalized spacial score (nSPS) is 20.0. The van der Waals surface area contributed by atoms with Crippen molar-refractivity contribution in [1.29, 1.82) is 0 Å². The zero-order chi connectivity index (χ0) is 29.3. The van der Waals surface area contributed by atoms with E-state index in [0.717, 1.165) is 65.6 Å². The number of piperidine rings is 1. The van der Waals surface area contributed by atoms with Crippen molar-refractivity contribution in [1.82, 2.24) is 9.47 Å². The molecule has 1 saturated heterocycles. The first-order valence-corrected chi connectivity index (χ1v) is 14.6. The van der Waals surface area contributed by atoms with Crippen LogP contribution in [0, 0.1) is 6.92 Å². The predicted octanol–water partition coefficient (Wildman–Crippen LogP) is 6.80. The van der Waals surface area contributed by atoms with E-state index >= 15 is 0 Å². The first-order valence-electron chi connectivity index (χ1n) is 14.6. The molecule has 0 radical (unpaired) electrons. The third-order valence-corrected chi connectivity index (χ3v) is 8.22. The molecule has 1 saturated carbocycles. The van der Waals surface area contributed by atoms with E-state index in [-0.39, 0.29) is 18.1 Å². The SMILES string of the molecule is COC(=O)c1ccc([C@@H]2C[C@@H](OC3CCC3)CCN2Cc2c(OC)cc(C)c3c2ccn3C(=O)OC(C)(C)C)cc1. The maximum absolute atomic E-state index is 13.1. The molecule has 8 heteroatoms. The van der Waals surface area contributed by atoms with Crippen LogP contribution < -0.4 is 4.74 Å². The minimum absolute atomic E-state index is 0.0922. The van der Waals surface area contributed by atoms with E-state index in [9.17, 15) is 9.59 Å². The molecular formula is C33H42N2O6. The minimum Gasteiger partial charge on any atom is -0.496 e. The second-order valence-electron chi connectivity index (χ2n) is 12.2. The Labute approximate surface area is 242 Å². The lowest BCUT2D eigenvalue weighted by molar-refractivity contribution is -0.0866. The Morgan fingerprint density at radius 2 is 1.73 bits per heavy atom. The van der Waals surface area contributed by atoms with Gasteiger partial charge in [-0.25, -0.2) is 9.59 Å². The van der Waals surface area contributed by atoms with Crippen molar-refractivity contribution < 1.29 is 28.5 Å². The first kappa shape index (κ1) is 29.1. The van der Waals surface area contributed by atoms with E-state index in [4.69, 9.17) is 18.9 Å². The van der Waals surface area contributed by atoms with Crippen molar-refractivity contribution in [2.75, 3.05) is 20.8 Å². The molecule has 1 aromatic heterocycles. The molecule has 2 fully saturated rings. The summed E-state index contributed by atoms with van der Waals surface area (Å²) in [6, 6.07) is 11.8. The van der Waals surface area contributed by atoms with Crippen molar-refractivity contribution >= 4 is 23.0 Å². The lowest BCUT2D eigenvalue weighted by Gasteiger charge is -2.42. The topological polar surface area (TPSA) is 79.2 Å². The smallest absolute Gasteiger partial charge is 0.419 e. The third-order valence-electron chi connectivity index (χ3n) is 8.22. The lowest BCUT2D eigenvalue weighted by atomic mass is 9.90. The quantitative estimate of drug-likeness (QED) is 0.293. The van der Waals surface area contributed by atoms with Crippen LogP contribution in [-0.2, 0) is 20.8 Å². The monoisotopic (exact) mass is 562 g/mol. The van der Waals surface area contributed by atoms with Gasteiger partial charge in [-0.15, -0.1) is 0 Å². The van der Waals surface area contributed by atoms with E-state index < -0.39 is 11.7 Å². The van der Waals surface area contributed by atoms with Crippen LogP contribution in [0.2, 0.25) is 0 Å². The predicted molar refractivity (Wildman–Crippen MR) is 158 cm³/mol. The Bertz CT molecular complexity index is 1400. The third kappa shape index (κ3) is 6.28. The first-order chi connectivity index (χ1) is 19.6. The van der Waals surface area contributed by atoms with E-state index in [1.807, 2.05) is 64.1 Å². The minimum atomic E-state index is -0.598. The molecule has 8 nitrogen and oxygen atoms in total. The number of fused-ring (bicyclic) bond motifs is 1. The number of carbonyl (C=O) groups excluding carboxylic acids is 2. The molecule has 3 aromatic rings. The molecule has 0 unspecified atom stereocenters. The summed E-state index contributed by atoms with van der Waals surface area (Å²) >= 11 is 0. The Morgan fingerprint density at radius 1 is 1.00 bits per heavy atom. The van der Waals surface area contributed by atoms with Crippen LogP contribution in [-0.4, -0.2) is 60.1 Å². The van der Waals surface area contributed by atoms with Crippen LogP contribution in [0.5, 0.6) is 5.75 Å². The molecule has 41 heavy (non-hydrogen) atoms. The van der Waals surface area contributed by atoms with Crippen molar-refractivity contribution in [2.45, 2.75) is 90.2 Å². The second kappa shape index (κ2) is 11.9. The Kier molecular flexibility index (Phi) is 8.43. The van der Waals surface area contributed by atoms with Crippen LogP contribution in [0.15, 0.2) is 42.6 Å². The van der Waals surface area contributed by atoms with Crippen LogP contribution in [0.25, 0.3) is 10.9 Å². The zero-order valence-corrected chi connectivity index (χ0v) is 25.1. The highest BCUT2D eigenvalue weighted by Gasteiger charge is 2.34. The summed E-state index contributed by atoms with van der Waals surface area (Å²) in [5.41, 5.74) is 3.88. The van der Waals surface area contributed by atoms with Gasteiger partial charge in [0.25, 0.3) is 0 Å². The van der Waals surface area contributed by atoms with Crippen LogP contribution in [0.3, 0.4) is 0 Å². The van der Waals surface area contributed by atoms with Crippen molar-refractivity contribution in [3.63, 3.8) is 0 Å². The molecule has 1 aliphatic heterocycles. The molecule has 0 amide bonds.